The Kier molecular flexibility index (Phi) is 4.64. The molecule has 1 rings (SSSR count). The summed E-state index contributed by atoms with van der Waals surface area (Å²) < 4.78 is 0. The Hall–Kier alpha value is -0.0400. The van der Waals surface area contributed by atoms with Gasteiger partial charge in [0.2, 0.25) is 0 Å². The molecule has 0 aromatic heterocycles. The number of hydrogen-bond acceptors (Lipinski definition) is 1. The zero-order valence-corrected chi connectivity index (χ0v) is 11.3. The van der Waals surface area contributed by atoms with Gasteiger partial charge in [0.1, 0.15) is 0 Å². The van der Waals surface area contributed by atoms with E-state index < -0.39 is 0 Å². The van der Waals surface area contributed by atoms with E-state index in [2.05, 4.69) is 39.9 Å². The second-order valence-electron chi connectivity index (χ2n) is 6.46. The van der Waals surface area contributed by atoms with Crippen molar-refractivity contribution < 1.29 is 0 Å². The fourth-order valence-corrected chi connectivity index (χ4v) is 2.35. The van der Waals surface area contributed by atoms with Crippen LogP contribution in [-0.2, 0) is 0 Å². The van der Waals surface area contributed by atoms with Crippen LogP contribution in [0, 0.1) is 17.3 Å². The molecule has 0 spiro atoms. The molecule has 0 amide bonds. The van der Waals surface area contributed by atoms with Crippen molar-refractivity contribution in [1.82, 2.24) is 5.32 Å². The first-order chi connectivity index (χ1) is 6.94. The molecule has 1 nitrogen and oxygen atoms in total. The van der Waals surface area contributed by atoms with E-state index >= 15 is 0 Å². The first-order valence-corrected chi connectivity index (χ1v) is 6.67. The van der Waals surface area contributed by atoms with Gasteiger partial charge in [-0.2, -0.15) is 0 Å². The van der Waals surface area contributed by atoms with E-state index in [1.807, 2.05) is 0 Å². The molecule has 0 radical (unpaired) electrons. The second kappa shape index (κ2) is 5.34. The quantitative estimate of drug-likeness (QED) is 0.704. The summed E-state index contributed by atoms with van der Waals surface area (Å²) in [7, 11) is 0. The molecule has 15 heavy (non-hydrogen) atoms. The maximum Gasteiger partial charge on any atom is 0.00954 e. The Morgan fingerprint density at radius 1 is 1.27 bits per heavy atom. The van der Waals surface area contributed by atoms with Gasteiger partial charge in [-0.1, -0.05) is 34.6 Å². The fourth-order valence-electron chi connectivity index (χ4n) is 2.35. The molecule has 2 unspecified atom stereocenters. The van der Waals surface area contributed by atoms with Crippen molar-refractivity contribution in [2.45, 2.75) is 66.3 Å². The van der Waals surface area contributed by atoms with Crippen LogP contribution in [0.1, 0.15) is 60.3 Å². The Bertz CT molecular complexity index is 176. The highest BCUT2D eigenvalue weighted by Crippen LogP contribution is 2.39. The summed E-state index contributed by atoms with van der Waals surface area (Å²) >= 11 is 0. The highest BCUT2D eigenvalue weighted by Gasteiger charge is 2.33. The third-order valence-corrected chi connectivity index (χ3v) is 3.67. The number of hydrogen-bond donors (Lipinski definition) is 1. The van der Waals surface area contributed by atoms with Crippen LogP contribution in [0.4, 0.5) is 0 Å². The summed E-state index contributed by atoms with van der Waals surface area (Å²) in [4.78, 5) is 0. The average Bonchev–Trinajstić information content (AvgIpc) is 2.92. The lowest BCUT2D eigenvalue weighted by atomic mass is 9.84. The van der Waals surface area contributed by atoms with Crippen molar-refractivity contribution in [2.24, 2.45) is 17.3 Å². The summed E-state index contributed by atoms with van der Waals surface area (Å²) in [6, 6.07) is 0.752. The number of rotatable bonds is 6. The van der Waals surface area contributed by atoms with Crippen molar-refractivity contribution in [2.75, 3.05) is 6.54 Å². The van der Waals surface area contributed by atoms with Crippen molar-refractivity contribution in [3.8, 4) is 0 Å². The molecule has 1 heteroatoms. The average molecular weight is 211 g/mol. The van der Waals surface area contributed by atoms with Crippen molar-refractivity contribution in [1.29, 1.82) is 0 Å². The van der Waals surface area contributed by atoms with Crippen LogP contribution in [0.15, 0.2) is 0 Å². The lowest BCUT2D eigenvalue weighted by Crippen LogP contribution is -2.36. The van der Waals surface area contributed by atoms with Crippen molar-refractivity contribution in [3.05, 3.63) is 0 Å². The molecule has 0 aliphatic heterocycles. The molecule has 0 aromatic carbocycles. The predicted octanol–water partition coefficient (Wildman–Crippen LogP) is 3.84. The van der Waals surface area contributed by atoms with Gasteiger partial charge in [0.05, 0.1) is 0 Å². The topological polar surface area (TPSA) is 12.0 Å². The van der Waals surface area contributed by atoms with Crippen LogP contribution in [0.25, 0.3) is 0 Å². The van der Waals surface area contributed by atoms with Gasteiger partial charge in [0.25, 0.3) is 0 Å². The molecule has 90 valence electrons. The van der Waals surface area contributed by atoms with Crippen LogP contribution in [0.5, 0.6) is 0 Å². The third kappa shape index (κ3) is 5.01. The zero-order valence-electron chi connectivity index (χ0n) is 11.3. The van der Waals surface area contributed by atoms with Gasteiger partial charge in [-0.25, -0.2) is 0 Å². The van der Waals surface area contributed by atoms with Gasteiger partial charge in [0, 0.05) is 6.04 Å². The SMILES string of the molecule is CCNC(CCC(C)(C)C)C(C)C1CC1. The summed E-state index contributed by atoms with van der Waals surface area (Å²) in [5, 5.41) is 3.68. The van der Waals surface area contributed by atoms with E-state index in [9.17, 15) is 0 Å². The molecule has 2 atom stereocenters. The van der Waals surface area contributed by atoms with E-state index in [1.165, 1.54) is 25.7 Å². The van der Waals surface area contributed by atoms with Crippen LogP contribution in [-0.4, -0.2) is 12.6 Å². The summed E-state index contributed by atoms with van der Waals surface area (Å²) in [6.07, 6.45) is 5.62. The van der Waals surface area contributed by atoms with E-state index in [1.54, 1.807) is 0 Å². The lowest BCUT2D eigenvalue weighted by Gasteiger charge is -2.28. The van der Waals surface area contributed by atoms with E-state index in [-0.39, 0.29) is 0 Å². The Balaban J connectivity index is 2.35. The largest absolute Gasteiger partial charge is 0.314 e. The van der Waals surface area contributed by atoms with E-state index in [4.69, 9.17) is 0 Å². The second-order valence-corrected chi connectivity index (χ2v) is 6.46. The van der Waals surface area contributed by atoms with Gasteiger partial charge < -0.3 is 5.32 Å². The molecule has 1 aliphatic carbocycles. The molecule has 1 saturated carbocycles. The van der Waals surface area contributed by atoms with Gasteiger partial charge in [0.15, 0.2) is 0 Å². The molecule has 1 fully saturated rings. The van der Waals surface area contributed by atoms with Crippen LogP contribution < -0.4 is 5.32 Å². The summed E-state index contributed by atoms with van der Waals surface area (Å²) in [5.74, 6) is 1.90. The zero-order chi connectivity index (χ0) is 11.5. The third-order valence-electron chi connectivity index (χ3n) is 3.67. The summed E-state index contributed by atoms with van der Waals surface area (Å²) in [5.41, 5.74) is 0.483. The van der Waals surface area contributed by atoms with Gasteiger partial charge >= 0.3 is 0 Å². The Labute approximate surface area is 96.0 Å². The first-order valence-electron chi connectivity index (χ1n) is 6.67. The molecule has 1 aliphatic rings. The maximum absolute atomic E-state index is 3.68. The maximum atomic E-state index is 3.68. The Morgan fingerprint density at radius 3 is 2.27 bits per heavy atom. The molecule has 0 saturated heterocycles. The van der Waals surface area contributed by atoms with Crippen molar-refractivity contribution in [3.63, 3.8) is 0 Å². The lowest BCUT2D eigenvalue weighted by molar-refractivity contribution is 0.273. The summed E-state index contributed by atoms with van der Waals surface area (Å²) in [6.45, 7) is 12.8. The van der Waals surface area contributed by atoms with Gasteiger partial charge in [-0.15, -0.1) is 0 Å². The van der Waals surface area contributed by atoms with Crippen LogP contribution in [0.2, 0.25) is 0 Å². The molecular weight excluding hydrogens is 182 g/mol. The fraction of sp³-hybridized carbons (Fsp3) is 1.00. The van der Waals surface area contributed by atoms with Gasteiger partial charge in [-0.3, -0.25) is 0 Å². The minimum atomic E-state index is 0.483. The normalized spacial score (nSPS) is 21.4. The highest BCUT2D eigenvalue weighted by molar-refractivity contribution is 4.87. The molecule has 0 aromatic rings. The standard InChI is InChI=1S/C14H29N/c1-6-15-13(9-10-14(3,4)5)11(2)12-7-8-12/h11-13,15H,6-10H2,1-5H3. The minimum absolute atomic E-state index is 0.483. The smallest absolute Gasteiger partial charge is 0.00954 e. The molecule has 0 heterocycles. The molecular formula is C14H29N. The minimum Gasteiger partial charge on any atom is -0.314 e. The highest BCUT2D eigenvalue weighted by atomic mass is 14.9. The van der Waals surface area contributed by atoms with E-state index in [0.717, 1.165) is 24.4 Å². The monoisotopic (exact) mass is 211 g/mol. The first kappa shape index (κ1) is 13.0. The molecule has 1 N–H and O–H groups in total. The predicted molar refractivity (Wildman–Crippen MR) is 68.0 cm³/mol. The van der Waals surface area contributed by atoms with Crippen LogP contribution in [0.3, 0.4) is 0 Å². The van der Waals surface area contributed by atoms with Crippen LogP contribution >= 0.6 is 0 Å². The number of nitrogens with one attached hydrogen (secondary N) is 1. The van der Waals surface area contributed by atoms with Gasteiger partial charge in [-0.05, 0) is 49.5 Å². The Morgan fingerprint density at radius 2 is 1.87 bits per heavy atom. The van der Waals surface area contributed by atoms with Crippen molar-refractivity contribution >= 4 is 0 Å². The molecule has 0 bridgehead atoms. The van der Waals surface area contributed by atoms with E-state index in [0.29, 0.717) is 5.41 Å².